The number of nitrogens with zero attached hydrogens (tertiary/aromatic N) is 3. The normalized spacial score (nSPS) is 16.3. The molecule has 2 heterocycles. The molecule has 0 bridgehead atoms. The summed E-state index contributed by atoms with van der Waals surface area (Å²) in [5.74, 6) is 1.27. The highest BCUT2D eigenvalue weighted by atomic mass is 16.5. The van der Waals surface area contributed by atoms with E-state index in [9.17, 15) is 4.79 Å². The van der Waals surface area contributed by atoms with Gasteiger partial charge in [-0.05, 0) is 43.5 Å². The first kappa shape index (κ1) is 20.9. The van der Waals surface area contributed by atoms with Crippen LogP contribution in [0, 0.1) is 0 Å². The molecule has 2 aromatic rings. The smallest absolute Gasteiger partial charge is 0.319 e. The molecule has 7 nitrogen and oxygen atoms in total. The van der Waals surface area contributed by atoms with Gasteiger partial charge in [-0.2, -0.15) is 4.98 Å². The molecule has 0 aliphatic carbocycles. The van der Waals surface area contributed by atoms with Gasteiger partial charge < -0.3 is 19.1 Å². The van der Waals surface area contributed by atoms with E-state index in [1.54, 1.807) is 12.3 Å². The molecule has 7 heteroatoms. The number of amides is 1. The van der Waals surface area contributed by atoms with E-state index in [4.69, 9.17) is 14.2 Å². The molecule has 0 radical (unpaired) electrons. The standard InChI is InChI=1S/C22H29N3O4/c1-3-4-5-15-28-18-10-8-17(9-11-18)21(26)25-14-6-7-19(16-25)29-20-12-13-23-22(24-20)27-2/h8-13,19H,3-7,14-16H2,1-2H3. The SMILES string of the molecule is CCCCCOc1ccc(C(=O)N2CCCC(Oc3ccnc(OC)n3)C2)cc1. The summed E-state index contributed by atoms with van der Waals surface area (Å²) in [5, 5.41) is 0. The molecule has 1 atom stereocenters. The highest BCUT2D eigenvalue weighted by Gasteiger charge is 2.26. The van der Waals surface area contributed by atoms with Crippen LogP contribution in [-0.4, -0.2) is 53.7 Å². The van der Waals surface area contributed by atoms with E-state index in [0.29, 0.717) is 24.6 Å². The maximum atomic E-state index is 12.9. The zero-order chi connectivity index (χ0) is 20.5. The van der Waals surface area contributed by atoms with Crippen LogP contribution in [0.3, 0.4) is 0 Å². The molecule has 1 aromatic heterocycles. The van der Waals surface area contributed by atoms with Crippen molar-refractivity contribution in [1.82, 2.24) is 14.9 Å². The maximum absolute atomic E-state index is 12.9. The molecule has 1 amide bonds. The van der Waals surface area contributed by atoms with Crippen molar-refractivity contribution in [3.05, 3.63) is 42.1 Å². The fourth-order valence-corrected chi connectivity index (χ4v) is 3.30. The third-order valence-corrected chi connectivity index (χ3v) is 4.86. The predicted octanol–water partition coefficient (Wildman–Crippen LogP) is 3.74. The van der Waals surface area contributed by atoms with Gasteiger partial charge in [0.1, 0.15) is 11.9 Å². The predicted molar refractivity (Wildman–Crippen MR) is 110 cm³/mol. The molecule has 1 aromatic carbocycles. The first-order valence-electron chi connectivity index (χ1n) is 10.3. The summed E-state index contributed by atoms with van der Waals surface area (Å²) in [6.07, 6.45) is 6.63. The lowest BCUT2D eigenvalue weighted by molar-refractivity contribution is 0.0525. The van der Waals surface area contributed by atoms with Crippen LogP contribution in [-0.2, 0) is 0 Å². The fourth-order valence-electron chi connectivity index (χ4n) is 3.30. The highest BCUT2D eigenvalue weighted by molar-refractivity contribution is 5.94. The number of ether oxygens (including phenoxy) is 3. The Kier molecular flexibility index (Phi) is 7.67. The number of carbonyl (C=O) groups is 1. The Morgan fingerprint density at radius 3 is 2.79 bits per heavy atom. The van der Waals surface area contributed by atoms with Crippen molar-refractivity contribution in [3.63, 3.8) is 0 Å². The van der Waals surface area contributed by atoms with Crippen LogP contribution >= 0.6 is 0 Å². The molecule has 1 unspecified atom stereocenters. The van der Waals surface area contributed by atoms with Gasteiger partial charge in [0, 0.05) is 24.4 Å². The summed E-state index contributed by atoms with van der Waals surface area (Å²) < 4.78 is 16.7. The molecule has 0 saturated carbocycles. The van der Waals surface area contributed by atoms with Crippen LogP contribution in [0.15, 0.2) is 36.5 Å². The highest BCUT2D eigenvalue weighted by Crippen LogP contribution is 2.20. The number of rotatable bonds is 9. The third kappa shape index (κ3) is 6.07. The monoisotopic (exact) mass is 399 g/mol. The topological polar surface area (TPSA) is 73.8 Å². The van der Waals surface area contributed by atoms with Crippen molar-refractivity contribution in [3.8, 4) is 17.6 Å². The van der Waals surface area contributed by atoms with Crippen LogP contribution in [0.5, 0.6) is 17.6 Å². The summed E-state index contributed by atoms with van der Waals surface area (Å²) in [4.78, 5) is 22.9. The number of hydrogen-bond acceptors (Lipinski definition) is 6. The number of piperidine rings is 1. The minimum atomic E-state index is -0.103. The van der Waals surface area contributed by atoms with Gasteiger partial charge in [0.05, 0.1) is 20.3 Å². The zero-order valence-corrected chi connectivity index (χ0v) is 17.2. The first-order chi connectivity index (χ1) is 14.2. The van der Waals surface area contributed by atoms with Crippen LogP contribution in [0.2, 0.25) is 0 Å². The Morgan fingerprint density at radius 2 is 2.03 bits per heavy atom. The quantitative estimate of drug-likeness (QED) is 0.598. The van der Waals surface area contributed by atoms with Gasteiger partial charge in [-0.25, -0.2) is 4.98 Å². The minimum Gasteiger partial charge on any atom is -0.494 e. The summed E-state index contributed by atoms with van der Waals surface area (Å²) in [7, 11) is 1.52. The molecule has 1 fully saturated rings. The van der Waals surface area contributed by atoms with Gasteiger partial charge in [0.15, 0.2) is 0 Å². The summed E-state index contributed by atoms with van der Waals surface area (Å²) >= 11 is 0. The lowest BCUT2D eigenvalue weighted by atomic mass is 10.1. The van der Waals surface area contributed by atoms with Crippen LogP contribution in [0.1, 0.15) is 49.4 Å². The zero-order valence-electron chi connectivity index (χ0n) is 17.2. The first-order valence-corrected chi connectivity index (χ1v) is 10.3. The second kappa shape index (κ2) is 10.6. The van der Waals surface area contributed by atoms with E-state index < -0.39 is 0 Å². The molecule has 1 saturated heterocycles. The summed E-state index contributed by atoms with van der Waals surface area (Å²) in [6, 6.07) is 9.36. The minimum absolute atomic E-state index is 0.0103. The molecular formula is C22H29N3O4. The average Bonchev–Trinajstić information content (AvgIpc) is 2.77. The molecule has 0 spiro atoms. The van der Waals surface area contributed by atoms with E-state index in [-0.39, 0.29) is 18.0 Å². The number of methoxy groups -OCH3 is 1. The van der Waals surface area contributed by atoms with E-state index in [1.165, 1.54) is 13.5 Å². The van der Waals surface area contributed by atoms with Gasteiger partial charge in [-0.1, -0.05) is 19.8 Å². The number of aromatic nitrogens is 2. The average molecular weight is 399 g/mol. The molecule has 0 N–H and O–H groups in total. The fraction of sp³-hybridized carbons (Fsp3) is 0.500. The molecule has 29 heavy (non-hydrogen) atoms. The lowest BCUT2D eigenvalue weighted by Crippen LogP contribution is -2.44. The third-order valence-electron chi connectivity index (χ3n) is 4.86. The Labute approximate surface area is 172 Å². The van der Waals surface area contributed by atoms with E-state index in [0.717, 1.165) is 38.0 Å². The summed E-state index contributed by atoms with van der Waals surface area (Å²) in [6.45, 7) is 4.13. The van der Waals surface area contributed by atoms with Crippen molar-refractivity contribution >= 4 is 5.91 Å². The number of carbonyl (C=O) groups excluding carboxylic acids is 1. The molecule has 156 valence electrons. The Hall–Kier alpha value is -2.83. The Morgan fingerprint density at radius 1 is 1.21 bits per heavy atom. The van der Waals surface area contributed by atoms with Crippen LogP contribution in [0.25, 0.3) is 0 Å². The number of benzene rings is 1. The second-order valence-corrected chi connectivity index (χ2v) is 7.09. The van der Waals surface area contributed by atoms with Gasteiger partial charge in [-0.15, -0.1) is 0 Å². The van der Waals surface area contributed by atoms with E-state index in [2.05, 4.69) is 16.9 Å². The number of unbranched alkanes of at least 4 members (excludes halogenated alkanes) is 2. The van der Waals surface area contributed by atoms with Crippen LogP contribution in [0.4, 0.5) is 0 Å². The summed E-state index contributed by atoms with van der Waals surface area (Å²) in [5.41, 5.74) is 0.662. The largest absolute Gasteiger partial charge is 0.494 e. The molecule has 3 rings (SSSR count). The van der Waals surface area contributed by atoms with Gasteiger partial charge in [0.2, 0.25) is 5.88 Å². The van der Waals surface area contributed by atoms with Gasteiger partial charge in [-0.3, -0.25) is 4.79 Å². The Balaban J connectivity index is 1.54. The molecular weight excluding hydrogens is 370 g/mol. The van der Waals surface area contributed by atoms with Crippen molar-refractivity contribution in [2.75, 3.05) is 26.8 Å². The molecule has 1 aliphatic rings. The van der Waals surface area contributed by atoms with Gasteiger partial charge >= 0.3 is 6.01 Å². The number of hydrogen-bond donors (Lipinski definition) is 0. The Bertz CT molecular complexity index is 782. The van der Waals surface area contributed by atoms with Gasteiger partial charge in [0.25, 0.3) is 5.91 Å². The van der Waals surface area contributed by atoms with E-state index in [1.807, 2.05) is 29.2 Å². The maximum Gasteiger partial charge on any atom is 0.319 e. The van der Waals surface area contributed by atoms with Crippen molar-refractivity contribution in [2.45, 2.75) is 45.1 Å². The van der Waals surface area contributed by atoms with Crippen molar-refractivity contribution in [2.24, 2.45) is 0 Å². The van der Waals surface area contributed by atoms with Crippen molar-refractivity contribution in [1.29, 1.82) is 0 Å². The molecule has 1 aliphatic heterocycles. The van der Waals surface area contributed by atoms with E-state index >= 15 is 0 Å². The van der Waals surface area contributed by atoms with Crippen LogP contribution < -0.4 is 14.2 Å². The van der Waals surface area contributed by atoms with Crippen molar-refractivity contribution < 1.29 is 19.0 Å². The lowest BCUT2D eigenvalue weighted by Gasteiger charge is -2.32. The number of likely N-dealkylation sites (tertiary alicyclic amines) is 1. The second-order valence-electron chi connectivity index (χ2n) is 7.09.